The van der Waals surface area contributed by atoms with E-state index < -0.39 is 0 Å². The number of aromatic nitrogens is 2. The molecule has 0 unspecified atom stereocenters. The molecule has 1 fully saturated rings. The van der Waals surface area contributed by atoms with Crippen LogP contribution in [0.15, 0.2) is 54.7 Å². The van der Waals surface area contributed by atoms with Crippen molar-refractivity contribution in [1.29, 1.82) is 0 Å². The first-order chi connectivity index (χ1) is 13.3. The summed E-state index contributed by atoms with van der Waals surface area (Å²) < 4.78 is 0. The van der Waals surface area contributed by atoms with Crippen LogP contribution in [0.1, 0.15) is 25.1 Å². The van der Waals surface area contributed by atoms with Gasteiger partial charge in [0.15, 0.2) is 0 Å². The Bertz CT molecular complexity index is 937. The molecule has 0 atom stereocenters. The maximum atomic E-state index is 12.2. The largest absolute Gasteiger partial charge is 0.357 e. The number of hydrogen-bond donors (Lipinski definition) is 2. The number of anilines is 2. The number of hydrogen-bond acceptors (Lipinski definition) is 4. The first-order valence-corrected chi connectivity index (χ1v) is 9.38. The van der Waals surface area contributed by atoms with Crippen LogP contribution in [0.3, 0.4) is 0 Å². The van der Waals surface area contributed by atoms with E-state index in [1.807, 2.05) is 48.5 Å². The topological polar surface area (TPSA) is 70.2 Å². The molecular formula is C21H23N5O. The first kappa shape index (κ1) is 17.3. The summed E-state index contributed by atoms with van der Waals surface area (Å²) in [5.41, 5.74) is 0.759. The number of carbonyl (C=O) groups excluding carboxylic acids is 1. The van der Waals surface area contributed by atoms with E-state index >= 15 is 0 Å². The molecule has 27 heavy (non-hydrogen) atoms. The van der Waals surface area contributed by atoms with Crippen LogP contribution in [0.25, 0.3) is 10.8 Å². The van der Waals surface area contributed by atoms with Gasteiger partial charge in [0.1, 0.15) is 11.6 Å². The number of nitrogens with zero attached hydrogens (tertiary/aromatic N) is 3. The van der Waals surface area contributed by atoms with Crippen LogP contribution in [-0.2, 0) is 6.54 Å². The maximum absolute atomic E-state index is 12.2. The molecule has 3 aromatic rings. The van der Waals surface area contributed by atoms with Crippen LogP contribution in [-0.4, -0.2) is 29.1 Å². The molecule has 4 rings (SSSR count). The van der Waals surface area contributed by atoms with E-state index in [0.717, 1.165) is 35.4 Å². The van der Waals surface area contributed by atoms with Gasteiger partial charge in [-0.3, -0.25) is 0 Å². The summed E-state index contributed by atoms with van der Waals surface area (Å²) in [6.45, 7) is 2.36. The second-order valence-electron chi connectivity index (χ2n) is 6.75. The summed E-state index contributed by atoms with van der Waals surface area (Å²) >= 11 is 0. The van der Waals surface area contributed by atoms with E-state index in [9.17, 15) is 4.79 Å². The molecule has 2 heterocycles. The lowest BCUT2D eigenvalue weighted by atomic mass is 10.1. The molecule has 1 aliphatic rings. The number of rotatable bonds is 4. The molecule has 1 aromatic heterocycles. The average Bonchev–Trinajstić information content (AvgIpc) is 2.73. The molecule has 2 N–H and O–H groups in total. The minimum absolute atomic E-state index is 0.266. The van der Waals surface area contributed by atoms with Crippen molar-refractivity contribution in [2.45, 2.75) is 25.8 Å². The highest BCUT2D eigenvalue weighted by atomic mass is 16.2. The van der Waals surface area contributed by atoms with Crippen molar-refractivity contribution in [3.63, 3.8) is 0 Å². The molecule has 6 heteroatoms. The molecule has 138 valence electrons. The Balaban J connectivity index is 1.35. The highest BCUT2D eigenvalue weighted by Gasteiger charge is 2.13. The number of piperidine rings is 1. The molecule has 0 radical (unpaired) electrons. The normalized spacial score (nSPS) is 14.1. The van der Waals surface area contributed by atoms with Gasteiger partial charge >= 0.3 is 6.03 Å². The van der Waals surface area contributed by atoms with Gasteiger partial charge < -0.3 is 15.5 Å². The number of carbonyl (C=O) groups is 1. The van der Waals surface area contributed by atoms with Gasteiger partial charge in [0.25, 0.3) is 0 Å². The summed E-state index contributed by atoms with van der Waals surface area (Å²) in [7, 11) is 0. The molecule has 0 bridgehead atoms. The van der Waals surface area contributed by atoms with Gasteiger partial charge in [0.2, 0.25) is 0 Å². The molecule has 2 aromatic carbocycles. The molecule has 2 amide bonds. The fourth-order valence-corrected chi connectivity index (χ4v) is 3.37. The van der Waals surface area contributed by atoms with Gasteiger partial charge in [0.05, 0.1) is 6.54 Å². The van der Waals surface area contributed by atoms with Crippen LogP contribution in [0.4, 0.5) is 16.3 Å². The van der Waals surface area contributed by atoms with E-state index in [1.165, 1.54) is 19.3 Å². The number of nitrogens with one attached hydrogen (secondary N) is 2. The lowest BCUT2D eigenvalue weighted by molar-refractivity contribution is 0.251. The number of urea groups is 1. The minimum atomic E-state index is -0.266. The van der Waals surface area contributed by atoms with Gasteiger partial charge in [-0.1, -0.05) is 30.3 Å². The standard InChI is InChI=1S/C21H23N5O/c27-21(24-18-9-8-16-6-2-3-7-17(16)14-18)23-15-19-22-11-10-20(25-19)26-12-4-1-5-13-26/h2-3,6-11,14H,1,4-5,12-13,15H2,(H2,23,24,27). The minimum Gasteiger partial charge on any atom is -0.357 e. The quantitative estimate of drug-likeness (QED) is 0.738. The molecular weight excluding hydrogens is 338 g/mol. The van der Waals surface area contributed by atoms with E-state index in [0.29, 0.717) is 12.4 Å². The fraction of sp³-hybridized carbons (Fsp3) is 0.286. The predicted octanol–water partition coefficient (Wildman–Crippen LogP) is 3.94. The van der Waals surface area contributed by atoms with Gasteiger partial charge in [-0.2, -0.15) is 0 Å². The first-order valence-electron chi connectivity index (χ1n) is 9.38. The van der Waals surface area contributed by atoms with Crippen molar-refractivity contribution < 1.29 is 4.79 Å². The Hall–Kier alpha value is -3.15. The predicted molar refractivity (Wildman–Crippen MR) is 108 cm³/mol. The zero-order valence-electron chi connectivity index (χ0n) is 15.2. The van der Waals surface area contributed by atoms with Crippen molar-refractivity contribution >= 4 is 28.3 Å². The molecule has 0 aliphatic carbocycles. The zero-order chi connectivity index (χ0) is 18.5. The Labute approximate surface area is 158 Å². The second-order valence-corrected chi connectivity index (χ2v) is 6.75. The number of benzene rings is 2. The molecule has 6 nitrogen and oxygen atoms in total. The Morgan fingerprint density at radius 2 is 1.81 bits per heavy atom. The molecule has 0 spiro atoms. The average molecular weight is 361 g/mol. The monoisotopic (exact) mass is 361 g/mol. The fourth-order valence-electron chi connectivity index (χ4n) is 3.37. The smallest absolute Gasteiger partial charge is 0.319 e. The second kappa shape index (κ2) is 8.03. The maximum Gasteiger partial charge on any atom is 0.319 e. The van der Waals surface area contributed by atoms with Crippen LogP contribution >= 0.6 is 0 Å². The highest BCUT2D eigenvalue weighted by molar-refractivity contribution is 5.93. The summed E-state index contributed by atoms with van der Waals surface area (Å²) in [5.74, 6) is 1.56. The van der Waals surface area contributed by atoms with Crippen LogP contribution in [0.5, 0.6) is 0 Å². The van der Waals surface area contributed by atoms with Crippen LogP contribution in [0, 0.1) is 0 Å². The number of fused-ring (bicyclic) bond motifs is 1. The zero-order valence-corrected chi connectivity index (χ0v) is 15.2. The summed E-state index contributed by atoms with van der Waals surface area (Å²) in [4.78, 5) is 23.4. The van der Waals surface area contributed by atoms with Crippen molar-refractivity contribution in [1.82, 2.24) is 15.3 Å². The third-order valence-electron chi connectivity index (χ3n) is 4.79. The van der Waals surface area contributed by atoms with Crippen molar-refractivity contribution in [2.75, 3.05) is 23.3 Å². The lowest BCUT2D eigenvalue weighted by Gasteiger charge is -2.27. The Kier molecular flexibility index (Phi) is 5.14. The van der Waals surface area contributed by atoms with Crippen molar-refractivity contribution in [3.8, 4) is 0 Å². The molecule has 1 saturated heterocycles. The van der Waals surface area contributed by atoms with Gasteiger partial charge in [-0.25, -0.2) is 14.8 Å². The Morgan fingerprint density at radius 1 is 1.00 bits per heavy atom. The summed E-state index contributed by atoms with van der Waals surface area (Å²) in [5, 5.41) is 7.93. The van der Waals surface area contributed by atoms with E-state index in [1.54, 1.807) is 6.20 Å². The van der Waals surface area contributed by atoms with Gasteiger partial charge in [0, 0.05) is 25.0 Å². The Morgan fingerprint density at radius 3 is 2.67 bits per heavy atom. The summed E-state index contributed by atoms with van der Waals surface area (Å²) in [6, 6.07) is 15.6. The third-order valence-corrected chi connectivity index (χ3v) is 4.79. The number of amides is 2. The summed E-state index contributed by atoms with van der Waals surface area (Å²) in [6.07, 6.45) is 5.44. The van der Waals surface area contributed by atoms with Gasteiger partial charge in [-0.15, -0.1) is 0 Å². The molecule has 0 saturated carbocycles. The van der Waals surface area contributed by atoms with Crippen LogP contribution < -0.4 is 15.5 Å². The lowest BCUT2D eigenvalue weighted by Crippen LogP contribution is -2.31. The molecule has 1 aliphatic heterocycles. The van der Waals surface area contributed by atoms with E-state index in [4.69, 9.17) is 0 Å². The van der Waals surface area contributed by atoms with E-state index in [2.05, 4.69) is 25.5 Å². The van der Waals surface area contributed by atoms with Crippen molar-refractivity contribution in [3.05, 3.63) is 60.6 Å². The highest BCUT2D eigenvalue weighted by Crippen LogP contribution is 2.19. The van der Waals surface area contributed by atoms with Crippen LogP contribution in [0.2, 0.25) is 0 Å². The third kappa shape index (κ3) is 4.34. The van der Waals surface area contributed by atoms with Crippen molar-refractivity contribution in [2.24, 2.45) is 0 Å². The SMILES string of the molecule is O=C(NCc1nccc(N2CCCCC2)n1)Nc1ccc2ccccc2c1. The van der Waals surface area contributed by atoms with E-state index in [-0.39, 0.29) is 6.03 Å². The van der Waals surface area contributed by atoms with Gasteiger partial charge in [-0.05, 0) is 48.2 Å².